The Hall–Kier alpha value is -3.49. The van der Waals surface area contributed by atoms with Crippen LogP contribution in [0.25, 0.3) is 11.1 Å². The second-order valence-electron chi connectivity index (χ2n) is 9.53. The molecule has 1 amide bonds. The van der Waals surface area contributed by atoms with Crippen LogP contribution in [-0.4, -0.2) is 59.4 Å². The lowest BCUT2D eigenvalue weighted by Crippen LogP contribution is -2.57. The van der Waals surface area contributed by atoms with E-state index in [1.54, 1.807) is 25.1 Å². The quantitative estimate of drug-likeness (QED) is 0.447. The van der Waals surface area contributed by atoms with Gasteiger partial charge in [0.25, 0.3) is 5.91 Å². The molecule has 1 aromatic heterocycles. The SMILES string of the molecule is Cc1cc(NC(=O)C[N@+]2(C)CCCC(OC(=O)C3(O)c4ccccc4-c4ccccc43)C2)no1. The van der Waals surface area contributed by atoms with E-state index in [-0.39, 0.29) is 12.5 Å². The van der Waals surface area contributed by atoms with Crippen LogP contribution in [0.5, 0.6) is 0 Å². The number of piperidine rings is 1. The van der Waals surface area contributed by atoms with E-state index in [2.05, 4.69) is 10.5 Å². The zero-order valence-corrected chi connectivity index (χ0v) is 19.3. The number of fused-ring (bicyclic) bond motifs is 3. The predicted molar refractivity (Wildman–Crippen MR) is 125 cm³/mol. The van der Waals surface area contributed by atoms with Gasteiger partial charge in [0, 0.05) is 23.6 Å². The third-order valence-electron chi connectivity index (χ3n) is 6.78. The number of carbonyl (C=O) groups is 2. The molecule has 2 aromatic carbocycles. The molecule has 5 rings (SSSR count). The molecule has 1 aliphatic carbocycles. The summed E-state index contributed by atoms with van der Waals surface area (Å²) in [5, 5.41) is 18.2. The molecule has 8 heteroatoms. The van der Waals surface area contributed by atoms with Crippen LogP contribution >= 0.6 is 0 Å². The van der Waals surface area contributed by atoms with Gasteiger partial charge in [0.2, 0.25) is 5.60 Å². The highest BCUT2D eigenvalue weighted by Gasteiger charge is 2.50. The molecule has 8 nitrogen and oxygen atoms in total. The molecule has 176 valence electrons. The first kappa shape index (κ1) is 22.3. The van der Waals surface area contributed by atoms with E-state index in [4.69, 9.17) is 9.26 Å². The highest BCUT2D eigenvalue weighted by atomic mass is 16.6. The molecule has 2 N–H and O–H groups in total. The summed E-state index contributed by atoms with van der Waals surface area (Å²) in [7, 11) is 1.97. The molecule has 34 heavy (non-hydrogen) atoms. The van der Waals surface area contributed by atoms with E-state index in [1.807, 2.05) is 43.4 Å². The van der Waals surface area contributed by atoms with Crippen molar-refractivity contribution in [3.8, 4) is 11.1 Å². The van der Waals surface area contributed by atoms with Crippen molar-refractivity contribution < 1.29 is 28.4 Å². The van der Waals surface area contributed by atoms with Crippen molar-refractivity contribution in [3.63, 3.8) is 0 Å². The molecule has 1 unspecified atom stereocenters. The molecule has 0 saturated carbocycles. The van der Waals surface area contributed by atoms with Gasteiger partial charge in [-0.25, -0.2) is 4.79 Å². The van der Waals surface area contributed by atoms with Gasteiger partial charge in [-0.3, -0.25) is 4.79 Å². The minimum absolute atomic E-state index is 0.181. The van der Waals surface area contributed by atoms with Crippen LogP contribution in [0.2, 0.25) is 0 Å². The number of rotatable bonds is 5. The van der Waals surface area contributed by atoms with Crippen molar-refractivity contribution in [2.45, 2.75) is 31.5 Å². The number of nitrogens with zero attached hydrogens (tertiary/aromatic N) is 2. The number of anilines is 1. The summed E-state index contributed by atoms with van der Waals surface area (Å²) in [6.07, 6.45) is 1.08. The Morgan fingerprint density at radius 2 is 1.82 bits per heavy atom. The van der Waals surface area contributed by atoms with Gasteiger partial charge in [-0.15, -0.1) is 0 Å². The minimum atomic E-state index is -1.85. The number of hydrogen-bond donors (Lipinski definition) is 2. The fourth-order valence-corrected chi connectivity index (χ4v) is 5.24. The Bertz CT molecular complexity index is 1210. The van der Waals surface area contributed by atoms with E-state index in [1.165, 1.54) is 0 Å². The Morgan fingerprint density at radius 3 is 2.44 bits per heavy atom. The minimum Gasteiger partial charge on any atom is -0.454 e. The van der Waals surface area contributed by atoms with Crippen LogP contribution in [0.1, 0.15) is 29.7 Å². The van der Waals surface area contributed by atoms with Gasteiger partial charge in [-0.05, 0) is 24.5 Å². The molecule has 0 radical (unpaired) electrons. The first-order valence-corrected chi connectivity index (χ1v) is 11.5. The number of amides is 1. The van der Waals surface area contributed by atoms with Gasteiger partial charge < -0.3 is 24.2 Å². The van der Waals surface area contributed by atoms with Crippen molar-refractivity contribution in [1.82, 2.24) is 5.16 Å². The van der Waals surface area contributed by atoms with Crippen LogP contribution in [0.3, 0.4) is 0 Å². The van der Waals surface area contributed by atoms with Crippen LogP contribution < -0.4 is 5.32 Å². The molecule has 2 heterocycles. The molecular weight excluding hydrogens is 434 g/mol. The van der Waals surface area contributed by atoms with Gasteiger partial charge in [0.15, 0.2) is 18.5 Å². The number of esters is 1. The van der Waals surface area contributed by atoms with Gasteiger partial charge in [-0.1, -0.05) is 53.7 Å². The van der Waals surface area contributed by atoms with Crippen molar-refractivity contribution in [2.24, 2.45) is 0 Å². The summed E-state index contributed by atoms with van der Waals surface area (Å²) in [6.45, 7) is 3.25. The molecule has 1 saturated heterocycles. The lowest BCUT2D eigenvalue weighted by Gasteiger charge is -2.40. The number of carbonyl (C=O) groups excluding carboxylic acids is 2. The summed E-state index contributed by atoms with van der Waals surface area (Å²) < 4.78 is 11.3. The number of aryl methyl sites for hydroxylation is 1. The molecule has 3 aromatic rings. The Kier molecular flexibility index (Phi) is 5.50. The fraction of sp³-hybridized carbons (Fsp3) is 0.346. The van der Waals surface area contributed by atoms with Crippen LogP contribution in [-0.2, 0) is 19.9 Å². The van der Waals surface area contributed by atoms with Crippen LogP contribution in [0.4, 0.5) is 5.82 Å². The van der Waals surface area contributed by atoms with Crippen molar-refractivity contribution in [1.29, 1.82) is 0 Å². The molecule has 0 spiro atoms. The van der Waals surface area contributed by atoms with Gasteiger partial charge >= 0.3 is 5.97 Å². The second kappa shape index (κ2) is 8.38. The topological polar surface area (TPSA) is 102 Å². The number of likely N-dealkylation sites (tertiary alicyclic amines) is 1. The van der Waals surface area contributed by atoms with E-state index in [0.29, 0.717) is 40.2 Å². The van der Waals surface area contributed by atoms with Gasteiger partial charge in [-0.2, -0.15) is 0 Å². The number of nitrogens with one attached hydrogen (secondary N) is 1. The molecule has 2 atom stereocenters. The first-order valence-electron chi connectivity index (χ1n) is 11.5. The largest absolute Gasteiger partial charge is 0.454 e. The first-order chi connectivity index (χ1) is 16.3. The summed E-state index contributed by atoms with van der Waals surface area (Å²) in [5.41, 5.74) is 0.896. The lowest BCUT2D eigenvalue weighted by molar-refractivity contribution is -0.909. The Labute approximate surface area is 197 Å². The van der Waals surface area contributed by atoms with Crippen molar-refractivity contribution in [3.05, 3.63) is 71.5 Å². The van der Waals surface area contributed by atoms with E-state index in [0.717, 1.165) is 24.1 Å². The third-order valence-corrected chi connectivity index (χ3v) is 6.78. The monoisotopic (exact) mass is 462 g/mol. The maximum Gasteiger partial charge on any atom is 0.348 e. The number of benzene rings is 2. The average molecular weight is 463 g/mol. The molecule has 2 aliphatic rings. The summed E-state index contributed by atoms with van der Waals surface area (Å²) >= 11 is 0. The number of aliphatic hydroxyl groups is 1. The van der Waals surface area contributed by atoms with Crippen LogP contribution in [0.15, 0.2) is 59.1 Å². The summed E-state index contributed by atoms with van der Waals surface area (Å²) in [6, 6.07) is 16.4. The van der Waals surface area contributed by atoms with Crippen molar-refractivity contribution in [2.75, 3.05) is 32.0 Å². The Morgan fingerprint density at radius 1 is 1.18 bits per heavy atom. The van der Waals surface area contributed by atoms with Gasteiger partial charge in [0.1, 0.15) is 12.3 Å². The number of quaternary nitrogens is 1. The predicted octanol–water partition coefficient (Wildman–Crippen LogP) is 2.99. The summed E-state index contributed by atoms with van der Waals surface area (Å²) in [5.74, 6) is 0.148. The van der Waals surface area contributed by atoms with E-state index in [9.17, 15) is 14.7 Å². The third kappa shape index (κ3) is 3.89. The highest BCUT2D eigenvalue weighted by Crippen LogP contribution is 2.48. The fourth-order valence-electron chi connectivity index (χ4n) is 5.24. The van der Waals surface area contributed by atoms with Crippen LogP contribution in [0, 0.1) is 6.92 Å². The maximum atomic E-state index is 13.5. The van der Waals surface area contributed by atoms with Crippen molar-refractivity contribution >= 4 is 17.7 Å². The van der Waals surface area contributed by atoms with Gasteiger partial charge in [0.05, 0.1) is 13.6 Å². The van der Waals surface area contributed by atoms with E-state index < -0.39 is 17.7 Å². The number of likely N-dealkylation sites (N-methyl/N-ethyl adjacent to an activating group) is 1. The molecular formula is C26H28N3O5+. The van der Waals surface area contributed by atoms with E-state index >= 15 is 0 Å². The number of ether oxygens (including phenoxy) is 1. The molecule has 1 fully saturated rings. The zero-order valence-electron chi connectivity index (χ0n) is 19.3. The molecule has 0 bridgehead atoms. The average Bonchev–Trinajstić information content (AvgIpc) is 3.33. The number of aromatic nitrogens is 1. The Balaban J connectivity index is 1.31. The summed E-state index contributed by atoms with van der Waals surface area (Å²) in [4.78, 5) is 26.1. The second-order valence-corrected chi connectivity index (χ2v) is 9.53. The normalized spacial score (nSPS) is 22.5. The number of hydrogen-bond acceptors (Lipinski definition) is 6. The lowest BCUT2D eigenvalue weighted by atomic mass is 9.91. The molecule has 1 aliphatic heterocycles. The highest BCUT2D eigenvalue weighted by molar-refractivity contribution is 5.96. The maximum absolute atomic E-state index is 13.5. The standard InChI is InChI=1S/C26H27N3O5/c1-17-14-23(28-34-17)27-24(30)16-29(2)13-7-8-18(15-29)33-25(31)26(32)21-11-5-3-9-19(21)20-10-4-6-12-22(20)26/h3-6,9-12,14,18,32H,7-8,13,15-16H2,1-2H3/p+1/t18?,29-/m1/s1. The smallest absolute Gasteiger partial charge is 0.348 e. The zero-order chi connectivity index (χ0) is 23.9.